The molecule has 3 nitrogen and oxygen atoms in total. The summed E-state index contributed by atoms with van der Waals surface area (Å²) < 4.78 is 5.06. The first kappa shape index (κ1) is 17.0. The van der Waals surface area contributed by atoms with Gasteiger partial charge in [-0.25, -0.2) is 9.78 Å². The maximum absolute atomic E-state index is 12.6. The van der Waals surface area contributed by atoms with Crippen LogP contribution < -0.4 is 0 Å². The van der Waals surface area contributed by atoms with E-state index in [0.717, 1.165) is 38.7 Å². The molecule has 0 amide bonds. The molecule has 1 aromatic heterocycles. The van der Waals surface area contributed by atoms with Crippen molar-refractivity contribution in [1.29, 1.82) is 0 Å². The van der Waals surface area contributed by atoms with Gasteiger partial charge in [-0.3, -0.25) is 0 Å². The predicted octanol–water partition coefficient (Wildman–Crippen LogP) is 5.66. The molecule has 0 atom stereocenters. The van der Waals surface area contributed by atoms with Crippen molar-refractivity contribution in [2.45, 2.75) is 6.92 Å². The minimum absolute atomic E-state index is 0.332. The van der Waals surface area contributed by atoms with E-state index in [1.165, 1.54) is 7.11 Å². The third kappa shape index (κ3) is 3.08. The average Bonchev–Trinajstić information content (AvgIpc) is 2.72. The summed E-state index contributed by atoms with van der Waals surface area (Å²) in [7, 11) is 1.39. The number of pyridine rings is 1. The molecule has 1 heterocycles. The zero-order valence-electron chi connectivity index (χ0n) is 15.3. The summed E-state index contributed by atoms with van der Waals surface area (Å²) in [6.45, 7) is 2.05. The van der Waals surface area contributed by atoms with Crippen LogP contribution in [0.15, 0.2) is 78.9 Å². The Kier molecular flexibility index (Phi) is 4.43. The van der Waals surface area contributed by atoms with Crippen molar-refractivity contribution < 1.29 is 9.53 Å². The Balaban J connectivity index is 2.12. The maximum Gasteiger partial charge on any atom is 0.357 e. The Morgan fingerprint density at radius 1 is 0.815 bits per heavy atom. The highest BCUT2D eigenvalue weighted by Gasteiger charge is 2.21. The molecule has 0 aliphatic carbocycles. The van der Waals surface area contributed by atoms with Crippen LogP contribution in [0.1, 0.15) is 16.1 Å². The molecule has 0 saturated heterocycles. The molecule has 3 aromatic carbocycles. The smallest absolute Gasteiger partial charge is 0.357 e. The number of ether oxygens (including phenoxy) is 1. The summed E-state index contributed by atoms with van der Waals surface area (Å²) in [4.78, 5) is 17.4. The molecule has 0 N–H and O–H groups in total. The van der Waals surface area contributed by atoms with Gasteiger partial charge in [0.25, 0.3) is 0 Å². The first-order valence-electron chi connectivity index (χ1n) is 8.82. The van der Waals surface area contributed by atoms with Crippen molar-refractivity contribution >= 4 is 16.7 Å². The van der Waals surface area contributed by atoms with Crippen molar-refractivity contribution in [2.75, 3.05) is 7.11 Å². The van der Waals surface area contributed by atoms with Gasteiger partial charge in [0, 0.05) is 16.5 Å². The van der Waals surface area contributed by atoms with Gasteiger partial charge in [0.15, 0.2) is 5.69 Å². The largest absolute Gasteiger partial charge is 0.464 e. The fourth-order valence-electron chi connectivity index (χ4n) is 3.42. The number of aryl methyl sites for hydroxylation is 1. The van der Waals surface area contributed by atoms with Crippen molar-refractivity contribution in [2.24, 2.45) is 0 Å². The van der Waals surface area contributed by atoms with Crippen molar-refractivity contribution in [1.82, 2.24) is 4.98 Å². The van der Waals surface area contributed by atoms with E-state index in [0.29, 0.717) is 5.69 Å². The fraction of sp³-hybridized carbons (Fsp3) is 0.0833. The van der Waals surface area contributed by atoms with E-state index in [1.54, 1.807) is 0 Å². The van der Waals surface area contributed by atoms with Crippen LogP contribution >= 0.6 is 0 Å². The highest BCUT2D eigenvalue weighted by molar-refractivity contribution is 6.10. The molecule has 0 unspecified atom stereocenters. The molecule has 0 radical (unpaired) electrons. The van der Waals surface area contributed by atoms with E-state index in [4.69, 9.17) is 9.72 Å². The summed E-state index contributed by atoms with van der Waals surface area (Å²) in [6, 6.07) is 26.1. The number of nitrogens with zero attached hydrogens (tertiary/aromatic N) is 1. The van der Waals surface area contributed by atoms with E-state index in [9.17, 15) is 4.79 Å². The van der Waals surface area contributed by atoms with Crippen LogP contribution in [0.25, 0.3) is 33.2 Å². The molecule has 4 rings (SSSR count). The van der Waals surface area contributed by atoms with Gasteiger partial charge in [-0.2, -0.15) is 0 Å². The van der Waals surface area contributed by atoms with Crippen LogP contribution in [0.3, 0.4) is 0 Å². The number of hydrogen-bond donors (Lipinski definition) is 0. The molecule has 0 spiro atoms. The minimum atomic E-state index is -0.437. The standard InChI is InChI=1S/C24H19NO2/c1-16-9-8-12-18(15-16)22-20-14-7-6-13-19(20)21(17-10-4-3-5-11-17)23(25-22)24(26)27-2/h3-15H,1-2H3. The first-order chi connectivity index (χ1) is 13.2. The van der Waals surface area contributed by atoms with Gasteiger partial charge in [-0.15, -0.1) is 0 Å². The lowest BCUT2D eigenvalue weighted by atomic mass is 9.93. The SMILES string of the molecule is COC(=O)c1nc(-c2cccc(C)c2)c2ccccc2c1-c1ccccc1. The fourth-order valence-corrected chi connectivity index (χ4v) is 3.42. The summed E-state index contributed by atoms with van der Waals surface area (Å²) in [5, 5.41) is 1.99. The quantitative estimate of drug-likeness (QED) is 0.446. The van der Waals surface area contributed by atoms with Crippen LogP contribution in [0.4, 0.5) is 0 Å². The second kappa shape index (κ2) is 7.04. The molecule has 0 aliphatic rings. The monoisotopic (exact) mass is 353 g/mol. The Labute approximate surface area is 158 Å². The highest BCUT2D eigenvalue weighted by Crippen LogP contribution is 2.36. The number of rotatable bonds is 3. The van der Waals surface area contributed by atoms with E-state index >= 15 is 0 Å². The van der Waals surface area contributed by atoms with E-state index < -0.39 is 5.97 Å². The van der Waals surface area contributed by atoms with Crippen LogP contribution in [0.2, 0.25) is 0 Å². The number of methoxy groups -OCH3 is 1. The zero-order chi connectivity index (χ0) is 18.8. The van der Waals surface area contributed by atoms with Gasteiger partial charge < -0.3 is 4.74 Å². The van der Waals surface area contributed by atoms with Crippen molar-refractivity contribution in [3.63, 3.8) is 0 Å². The molecule has 0 aliphatic heterocycles. The van der Waals surface area contributed by atoms with Crippen LogP contribution in [-0.4, -0.2) is 18.1 Å². The number of esters is 1. The Bertz CT molecular complexity index is 1130. The Morgan fingerprint density at radius 3 is 2.19 bits per heavy atom. The zero-order valence-corrected chi connectivity index (χ0v) is 15.3. The molecule has 0 bridgehead atoms. The van der Waals surface area contributed by atoms with Gasteiger partial charge in [0.2, 0.25) is 0 Å². The maximum atomic E-state index is 12.6. The summed E-state index contributed by atoms with van der Waals surface area (Å²) >= 11 is 0. The number of fused-ring (bicyclic) bond motifs is 1. The minimum Gasteiger partial charge on any atom is -0.464 e. The van der Waals surface area contributed by atoms with E-state index in [2.05, 4.69) is 6.07 Å². The van der Waals surface area contributed by atoms with Crippen molar-refractivity contribution in [3.8, 4) is 22.4 Å². The number of benzene rings is 3. The highest BCUT2D eigenvalue weighted by atomic mass is 16.5. The van der Waals surface area contributed by atoms with Gasteiger partial charge in [0.1, 0.15) is 0 Å². The summed E-state index contributed by atoms with van der Waals surface area (Å²) in [6.07, 6.45) is 0. The van der Waals surface area contributed by atoms with Gasteiger partial charge in [-0.05, 0) is 23.9 Å². The van der Waals surface area contributed by atoms with Gasteiger partial charge >= 0.3 is 5.97 Å². The molecule has 4 aromatic rings. The second-order valence-corrected chi connectivity index (χ2v) is 6.46. The first-order valence-corrected chi connectivity index (χ1v) is 8.82. The van der Waals surface area contributed by atoms with E-state index in [-0.39, 0.29) is 0 Å². The number of carbonyl (C=O) groups is 1. The molecule has 132 valence electrons. The molecule has 0 fully saturated rings. The summed E-state index contributed by atoms with van der Waals surface area (Å²) in [5.74, 6) is -0.437. The molecule has 27 heavy (non-hydrogen) atoms. The van der Waals surface area contributed by atoms with Crippen molar-refractivity contribution in [3.05, 3.63) is 90.1 Å². The average molecular weight is 353 g/mol. The molecule has 3 heteroatoms. The Morgan fingerprint density at radius 2 is 1.48 bits per heavy atom. The van der Waals surface area contributed by atoms with Crippen LogP contribution in [-0.2, 0) is 4.74 Å². The Hall–Kier alpha value is -3.46. The number of aromatic nitrogens is 1. The number of carbonyl (C=O) groups excluding carboxylic acids is 1. The third-order valence-corrected chi connectivity index (χ3v) is 4.64. The van der Waals surface area contributed by atoms with Gasteiger partial charge in [-0.1, -0.05) is 78.4 Å². The van der Waals surface area contributed by atoms with Crippen LogP contribution in [0, 0.1) is 6.92 Å². The van der Waals surface area contributed by atoms with E-state index in [1.807, 2.05) is 79.7 Å². The lowest BCUT2D eigenvalue weighted by Crippen LogP contribution is -2.08. The topological polar surface area (TPSA) is 39.2 Å². The lowest BCUT2D eigenvalue weighted by molar-refractivity contribution is 0.0595. The predicted molar refractivity (Wildman–Crippen MR) is 109 cm³/mol. The van der Waals surface area contributed by atoms with Crippen LogP contribution in [0.5, 0.6) is 0 Å². The normalized spacial score (nSPS) is 10.7. The molecular formula is C24H19NO2. The third-order valence-electron chi connectivity index (χ3n) is 4.64. The van der Waals surface area contributed by atoms with Gasteiger partial charge in [0.05, 0.1) is 12.8 Å². The lowest BCUT2D eigenvalue weighted by Gasteiger charge is -2.15. The second-order valence-electron chi connectivity index (χ2n) is 6.46. The molecule has 0 saturated carbocycles. The number of hydrogen-bond acceptors (Lipinski definition) is 3. The summed E-state index contributed by atoms with van der Waals surface area (Å²) in [5.41, 5.74) is 4.99. The molecular weight excluding hydrogens is 334 g/mol.